The molecular formula is C11H15BrFNS. The standard InChI is InChI=1S/C11H15BrFNS/c1-2-10(14)7-15-6-8-3-4-9(12)5-11(8)13/h3-5,10H,2,6-7,14H2,1H3. The van der Waals surface area contributed by atoms with Crippen LogP contribution < -0.4 is 5.73 Å². The second kappa shape index (κ2) is 6.51. The van der Waals surface area contributed by atoms with Crippen molar-refractivity contribution >= 4 is 27.7 Å². The monoisotopic (exact) mass is 291 g/mol. The summed E-state index contributed by atoms with van der Waals surface area (Å²) in [6.07, 6.45) is 0.968. The zero-order valence-corrected chi connectivity index (χ0v) is 11.1. The van der Waals surface area contributed by atoms with Gasteiger partial charge in [0.2, 0.25) is 0 Å². The zero-order valence-electron chi connectivity index (χ0n) is 8.67. The molecule has 0 spiro atoms. The molecule has 0 bridgehead atoms. The minimum atomic E-state index is -0.151. The molecule has 0 saturated carbocycles. The molecule has 0 fully saturated rings. The van der Waals surface area contributed by atoms with E-state index in [1.54, 1.807) is 11.8 Å². The van der Waals surface area contributed by atoms with Crippen molar-refractivity contribution in [2.75, 3.05) is 5.75 Å². The smallest absolute Gasteiger partial charge is 0.128 e. The zero-order chi connectivity index (χ0) is 11.3. The van der Waals surface area contributed by atoms with Crippen LogP contribution in [0.5, 0.6) is 0 Å². The summed E-state index contributed by atoms with van der Waals surface area (Å²) >= 11 is 4.91. The van der Waals surface area contributed by atoms with E-state index in [1.165, 1.54) is 6.07 Å². The lowest BCUT2D eigenvalue weighted by Gasteiger charge is -2.08. The van der Waals surface area contributed by atoms with E-state index in [0.717, 1.165) is 22.2 Å². The summed E-state index contributed by atoms with van der Waals surface area (Å²) in [4.78, 5) is 0. The van der Waals surface area contributed by atoms with Gasteiger partial charge in [-0.3, -0.25) is 0 Å². The average molecular weight is 292 g/mol. The van der Waals surface area contributed by atoms with Crippen LogP contribution in [0.2, 0.25) is 0 Å². The van der Waals surface area contributed by atoms with Crippen molar-refractivity contribution in [1.29, 1.82) is 0 Å². The molecule has 0 saturated heterocycles. The van der Waals surface area contributed by atoms with Crippen LogP contribution in [0.25, 0.3) is 0 Å². The van der Waals surface area contributed by atoms with Gasteiger partial charge in [-0.05, 0) is 24.1 Å². The molecule has 4 heteroatoms. The molecule has 1 aromatic rings. The van der Waals surface area contributed by atoms with Gasteiger partial charge in [0.1, 0.15) is 5.82 Å². The molecule has 1 nitrogen and oxygen atoms in total. The van der Waals surface area contributed by atoms with Gasteiger partial charge in [0.15, 0.2) is 0 Å². The number of benzene rings is 1. The second-order valence-electron chi connectivity index (χ2n) is 3.42. The van der Waals surface area contributed by atoms with Crippen molar-refractivity contribution in [2.24, 2.45) is 5.73 Å². The van der Waals surface area contributed by atoms with Gasteiger partial charge < -0.3 is 5.73 Å². The van der Waals surface area contributed by atoms with Gasteiger partial charge in [0, 0.05) is 22.0 Å². The topological polar surface area (TPSA) is 26.0 Å². The number of hydrogen-bond donors (Lipinski definition) is 1. The Morgan fingerprint density at radius 1 is 1.53 bits per heavy atom. The maximum absolute atomic E-state index is 13.4. The van der Waals surface area contributed by atoms with Gasteiger partial charge in [-0.25, -0.2) is 4.39 Å². The van der Waals surface area contributed by atoms with E-state index < -0.39 is 0 Å². The molecule has 0 aliphatic heterocycles. The van der Waals surface area contributed by atoms with Gasteiger partial charge >= 0.3 is 0 Å². The van der Waals surface area contributed by atoms with E-state index in [1.807, 2.05) is 12.1 Å². The first-order chi connectivity index (χ1) is 7.13. The number of hydrogen-bond acceptors (Lipinski definition) is 2. The van der Waals surface area contributed by atoms with Crippen molar-refractivity contribution in [3.63, 3.8) is 0 Å². The van der Waals surface area contributed by atoms with Crippen LogP contribution in [0.4, 0.5) is 4.39 Å². The number of halogens is 2. The van der Waals surface area contributed by atoms with Gasteiger partial charge in [-0.1, -0.05) is 28.9 Å². The van der Waals surface area contributed by atoms with Crippen LogP contribution >= 0.6 is 27.7 Å². The Morgan fingerprint density at radius 2 is 2.27 bits per heavy atom. The Kier molecular flexibility index (Phi) is 5.64. The summed E-state index contributed by atoms with van der Waals surface area (Å²) in [6.45, 7) is 2.06. The summed E-state index contributed by atoms with van der Waals surface area (Å²) in [6, 6.07) is 5.38. The Labute approximate surface area is 103 Å². The number of thioether (sulfide) groups is 1. The highest BCUT2D eigenvalue weighted by Gasteiger charge is 2.04. The van der Waals surface area contributed by atoms with Gasteiger partial charge in [0.05, 0.1) is 0 Å². The first-order valence-electron chi connectivity index (χ1n) is 4.90. The van der Waals surface area contributed by atoms with Crippen LogP contribution in [-0.4, -0.2) is 11.8 Å². The fourth-order valence-electron chi connectivity index (χ4n) is 1.08. The molecule has 84 valence electrons. The summed E-state index contributed by atoms with van der Waals surface area (Å²) in [5.41, 5.74) is 6.52. The van der Waals surface area contributed by atoms with E-state index in [9.17, 15) is 4.39 Å². The van der Waals surface area contributed by atoms with E-state index >= 15 is 0 Å². The summed E-state index contributed by atoms with van der Waals surface area (Å²) in [7, 11) is 0. The van der Waals surface area contributed by atoms with Crippen LogP contribution in [0.15, 0.2) is 22.7 Å². The highest BCUT2D eigenvalue weighted by molar-refractivity contribution is 9.10. The highest BCUT2D eigenvalue weighted by Crippen LogP contribution is 2.20. The predicted octanol–water partition coefficient (Wildman–Crippen LogP) is 3.56. The molecular weight excluding hydrogens is 277 g/mol. The van der Waals surface area contributed by atoms with E-state index in [-0.39, 0.29) is 11.9 Å². The molecule has 0 heterocycles. The Morgan fingerprint density at radius 3 is 2.87 bits per heavy atom. The molecule has 0 amide bonds. The fourth-order valence-corrected chi connectivity index (χ4v) is 2.52. The molecule has 0 aliphatic carbocycles. The summed E-state index contributed by atoms with van der Waals surface area (Å²) in [5.74, 6) is 1.42. The normalized spacial score (nSPS) is 12.8. The van der Waals surface area contributed by atoms with Crippen molar-refractivity contribution in [3.8, 4) is 0 Å². The summed E-state index contributed by atoms with van der Waals surface area (Å²) in [5, 5.41) is 0. The second-order valence-corrected chi connectivity index (χ2v) is 5.37. The van der Waals surface area contributed by atoms with Crippen LogP contribution in [0.3, 0.4) is 0 Å². The van der Waals surface area contributed by atoms with E-state index in [0.29, 0.717) is 5.75 Å². The average Bonchev–Trinajstić information content (AvgIpc) is 2.21. The molecule has 0 aliphatic rings. The van der Waals surface area contributed by atoms with Gasteiger partial charge in [-0.15, -0.1) is 0 Å². The third kappa shape index (κ3) is 4.53. The van der Waals surface area contributed by atoms with Crippen molar-refractivity contribution < 1.29 is 4.39 Å². The molecule has 1 atom stereocenters. The molecule has 1 rings (SSSR count). The molecule has 2 N–H and O–H groups in total. The van der Waals surface area contributed by atoms with Crippen LogP contribution in [-0.2, 0) is 5.75 Å². The first-order valence-corrected chi connectivity index (χ1v) is 6.85. The van der Waals surface area contributed by atoms with Gasteiger partial charge in [0.25, 0.3) is 0 Å². The van der Waals surface area contributed by atoms with Crippen LogP contribution in [0, 0.1) is 5.82 Å². The lowest BCUT2D eigenvalue weighted by molar-refractivity contribution is 0.616. The quantitative estimate of drug-likeness (QED) is 0.898. The van der Waals surface area contributed by atoms with Crippen LogP contribution in [0.1, 0.15) is 18.9 Å². The molecule has 15 heavy (non-hydrogen) atoms. The Balaban J connectivity index is 2.44. The summed E-state index contributed by atoms with van der Waals surface area (Å²) < 4.78 is 14.2. The Hall–Kier alpha value is -0.0600. The van der Waals surface area contributed by atoms with Gasteiger partial charge in [-0.2, -0.15) is 11.8 Å². The first kappa shape index (κ1) is 13.0. The Bertz CT molecular complexity index is 319. The van der Waals surface area contributed by atoms with E-state index in [4.69, 9.17) is 5.73 Å². The predicted molar refractivity (Wildman–Crippen MR) is 68.5 cm³/mol. The molecule has 1 aromatic carbocycles. The number of nitrogens with two attached hydrogens (primary N) is 1. The largest absolute Gasteiger partial charge is 0.327 e. The maximum atomic E-state index is 13.4. The van der Waals surface area contributed by atoms with Crippen molar-refractivity contribution in [1.82, 2.24) is 0 Å². The minimum Gasteiger partial charge on any atom is -0.327 e. The number of rotatable bonds is 5. The van der Waals surface area contributed by atoms with Crippen molar-refractivity contribution in [3.05, 3.63) is 34.1 Å². The molecule has 0 radical (unpaired) electrons. The third-order valence-electron chi connectivity index (χ3n) is 2.13. The SMILES string of the molecule is CCC(N)CSCc1ccc(Br)cc1F. The highest BCUT2D eigenvalue weighted by atomic mass is 79.9. The van der Waals surface area contributed by atoms with E-state index in [2.05, 4.69) is 22.9 Å². The molecule has 1 unspecified atom stereocenters. The molecule has 0 aromatic heterocycles. The minimum absolute atomic E-state index is 0.151. The fraction of sp³-hybridized carbons (Fsp3) is 0.455. The lowest BCUT2D eigenvalue weighted by Crippen LogP contribution is -2.21. The maximum Gasteiger partial charge on any atom is 0.128 e. The lowest BCUT2D eigenvalue weighted by atomic mass is 10.2. The van der Waals surface area contributed by atoms with Crippen molar-refractivity contribution in [2.45, 2.75) is 25.1 Å². The third-order valence-corrected chi connectivity index (χ3v) is 3.80.